The van der Waals surface area contributed by atoms with Crippen molar-refractivity contribution in [2.24, 2.45) is 5.92 Å². The molecule has 0 amide bonds. The Balaban J connectivity index is 1.63. The van der Waals surface area contributed by atoms with Gasteiger partial charge >= 0.3 is 0 Å². The first kappa shape index (κ1) is 15.8. The van der Waals surface area contributed by atoms with Crippen LogP contribution in [0, 0.1) is 11.7 Å². The minimum absolute atomic E-state index is 0.248. The molecule has 0 N–H and O–H groups in total. The molecule has 3 nitrogen and oxygen atoms in total. The smallest absolute Gasteiger partial charge is 0.185 e. The largest absolute Gasteiger partial charge is 0.348 e. The SMILES string of the molecule is C/C=C/CC1COC(c2ccc(-c3ccc(F)cc3)nc2)OC1. The molecule has 1 aliphatic heterocycles. The fourth-order valence-electron chi connectivity index (χ4n) is 2.54. The minimum atomic E-state index is -0.355. The molecule has 0 radical (unpaired) electrons. The summed E-state index contributed by atoms with van der Waals surface area (Å²) in [6.45, 7) is 3.39. The molecule has 0 spiro atoms. The van der Waals surface area contributed by atoms with Crippen molar-refractivity contribution >= 4 is 0 Å². The maximum Gasteiger partial charge on any atom is 0.185 e. The second-order valence-electron chi connectivity index (χ2n) is 5.65. The van der Waals surface area contributed by atoms with Crippen LogP contribution in [0.5, 0.6) is 0 Å². The van der Waals surface area contributed by atoms with Crippen LogP contribution < -0.4 is 0 Å². The number of hydrogen-bond donors (Lipinski definition) is 0. The number of aromatic nitrogens is 1. The fraction of sp³-hybridized carbons (Fsp3) is 0.316. The molecule has 0 unspecified atom stereocenters. The van der Waals surface area contributed by atoms with E-state index in [1.54, 1.807) is 18.3 Å². The molecule has 1 aromatic heterocycles. The number of ether oxygens (including phenoxy) is 2. The van der Waals surface area contributed by atoms with Gasteiger partial charge in [-0.2, -0.15) is 0 Å². The molecule has 120 valence electrons. The van der Waals surface area contributed by atoms with E-state index in [1.165, 1.54) is 12.1 Å². The van der Waals surface area contributed by atoms with Gasteiger partial charge in [0.25, 0.3) is 0 Å². The summed E-state index contributed by atoms with van der Waals surface area (Å²) in [5, 5.41) is 0. The lowest BCUT2D eigenvalue weighted by molar-refractivity contribution is -0.204. The van der Waals surface area contributed by atoms with Crippen LogP contribution in [-0.4, -0.2) is 18.2 Å². The molecule has 1 saturated heterocycles. The zero-order valence-corrected chi connectivity index (χ0v) is 13.1. The van der Waals surface area contributed by atoms with Crippen molar-refractivity contribution in [3.63, 3.8) is 0 Å². The standard InChI is InChI=1S/C19H20FNO2/c1-2-3-4-14-12-22-19(23-13-14)16-7-10-18(21-11-16)15-5-8-17(20)9-6-15/h2-3,5-11,14,19H,4,12-13H2,1H3/b3-2+. The summed E-state index contributed by atoms with van der Waals surface area (Å²) < 4.78 is 24.5. The Hall–Kier alpha value is -2.04. The number of halogens is 1. The van der Waals surface area contributed by atoms with Gasteiger partial charge in [0.1, 0.15) is 5.82 Å². The lowest BCUT2D eigenvalue weighted by Gasteiger charge is -2.29. The van der Waals surface area contributed by atoms with E-state index >= 15 is 0 Å². The number of benzene rings is 1. The predicted octanol–water partition coefficient (Wildman–Crippen LogP) is 4.52. The Morgan fingerprint density at radius 1 is 1.13 bits per heavy atom. The van der Waals surface area contributed by atoms with Crippen molar-refractivity contribution in [1.29, 1.82) is 0 Å². The van der Waals surface area contributed by atoms with Gasteiger partial charge < -0.3 is 9.47 Å². The Kier molecular flexibility index (Phi) is 5.16. The summed E-state index contributed by atoms with van der Waals surface area (Å²) in [6, 6.07) is 10.2. The summed E-state index contributed by atoms with van der Waals surface area (Å²) in [5.74, 6) is 0.163. The van der Waals surface area contributed by atoms with Crippen LogP contribution in [0.2, 0.25) is 0 Å². The molecule has 3 rings (SSSR count). The molecule has 1 fully saturated rings. The molecule has 23 heavy (non-hydrogen) atoms. The Morgan fingerprint density at radius 2 is 1.87 bits per heavy atom. The van der Waals surface area contributed by atoms with Crippen molar-refractivity contribution in [3.8, 4) is 11.3 Å². The van der Waals surface area contributed by atoms with Gasteiger partial charge in [0.15, 0.2) is 6.29 Å². The first-order valence-electron chi connectivity index (χ1n) is 7.82. The number of allylic oxidation sites excluding steroid dienone is 2. The Labute approximate surface area is 135 Å². The zero-order chi connectivity index (χ0) is 16.1. The minimum Gasteiger partial charge on any atom is -0.348 e. The molecule has 1 aliphatic rings. The predicted molar refractivity (Wildman–Crippen MR) is 87.2 cm³/mol. The molecule has 1 aromatic carbocycles. The summed E-state index contributed by atoms with van der Waals surface area (Å²) in [5.41, 5.74) is 2.59. The number of hydrogen-bond acceptors (Lipinski definition) is 3. The van der Waals surface area contributed by atoms with Crippen LogP contribution in [0.25, 0.3) is 11.3 Å². The number of rotatable bonds is 4. The molecular weight excluding hydrogens is 293 g/mol. The highest BCUT2D eigenvalue weighted by Gasteiger charge is 2.23. The second kappa shape index (κ2) is 7.49. The number of pyridine rings is 1. The highest BCUT2D eigenvalue weighted by Crippen LogP contribution is 2.27. The van der Waals surface area contributed by atoms with Crippen molar-refractivity contribution < 1.29 is 13.9 Å². The highest BCUT2D eigenvalue weighted by atomic mass is 19.1. The topological polar surface area (TPSA) is 31.4 Å². The Morgan fingerprint density at radius 3 is 2.48 bits per heavy atom. The van der Waals surface area contributed by atoms with E-state index in [0.29, 0.717) is 19.1 Å². The summed E-state index contributed by atoms with van der Waals surface area (Å²) in [4.78, 5) is 4.43. The van der Waals surface area contributed by atoms with Crippen LogP contribution >= 0.6 is 0 Å². The lowest BCUT2D eigenvalue weighted by atomic mass is 10.1. The van der Waals surface area contributed by atoms with E-state index in [0.717, 1.165) is 23.2 Å². The summed E-state index contributed by atoms with van der Waals surface area (Å²) >= 11 is 0. The van der Waals surface area contributed by atoms with Gasteiger partial charge in [0.2, 0.25) is 0 Å². The first-order chi connectivity index (χ1) is 11.3. The van der Waals surface area contributed by atoms with Crippen LogP contribution in [0.4, 0.5) is 4.39 Å². The van der Waals surface area contributed by atoms with Crippen molar-refractivity contribution in [3.05, 3.63) is 66.1 Å². The summed E-state index contributed by atoms with van der Waals surface area (Å²) in [6.07, 6.45) is 6.56. The molecule has 4 heteroatoms. The monoisotopic (exact) mass is 313 g/mol. The third-order valence-corrected chi connectivity index (χ3v) is 3.87. The van der Waals surface area contributed by atoms with Gasteiger partial charge in [0, 0.05) is 23.2 Å². The quantitative estimate of drug-likeness (QED) is 0.778. The van der Waals surface area contributed by atoms with Gasteiger partial charge in [-0.05, 0) is 43.7 Å². The normalized spacial score (nSPS) is 21.7. The van der Waals surface area contributed by atoms with Gasteiger partial charge in [-0.15, -0.1) is 0 Å². The number of nitrogens with zero attached hydrogens (tertiary/aromatic N) is 1. The van der Waals surface area contributed by atoms with E-state index < -0.39 is 0 Å². The van der Waals surface area contributed by atoms with E-state index in [-0.39, 0.29) is 12.1 Å². The zero-order valence-electron chi connectivity index (χ0n) is 13.1. The van der Waals surface area contributed by atoms with Crippen LogP contribution in [0.15, 0.2) is 54.7 Å². The second-order valence-corrected chi connectivity index (χ2v) is 5.65. The Bertz CT molecular complexity index is 644. The van der Waals surface area contributed by atoms with E-state index in [2.05, 4.69) is 11.1 Å². The van der Waals surface area contributed by atoms with Gasteiger partial charge in [-0.25, -0.2) is 4.39 Å². The molecule has 0 saturated carbocycles. The van der Waals surface area contributed by atoms with Crippen LogP contribution in [0.1, 0.15) is 25.2 Å². The van der Waals surface area contributed by atoms with Crippen molar-refractivity contribution in [2.75, 3.05) is 13.2 Å². The molecule has 0 atom stereocenters. The third kappa shape index (κ3) is 4.03. The van der Waals surface area contributed by atoms with Gasteiger partial charge in [-0.1, -0.05) is 18.2 Å². The average molecular weight is 313 g/mol. The fourth-order valence-corrected chi connectivity index (χ4v) is 2.54. The van der Waals surface area contributed by atoms with E-state index in [9.17, 15) is 4.39 Å². The van der Waals surface area contributed by atoms with E-state index in [1.807, 2.05) is 25.1 Å². The molecular formula is C19H20FNO2. The lowest BCUT2D eigenvalue weighted by Crippen LogP contribution is -2.26. The average Bonchev–Trinajstić information content (AvgIpc) is 2.61. The van der Waals surface area contributed by atoms with E-state index in [4.69, 9.17) is 9.47 Å². The maximum absolute atomic E-state index is 13.0. The first-order valence-corrected chi connectivity index (χ1v) is 7.82. The molecule has 0 aliphatic carbocycles. The van der Waals surface area contributed by atoms with Gasteiger partial charge in [0.05, 0.1) is 18.9 Å². The molecule has 2 heterocycles. The maximum atomic E-state index is 13.0. The highest BCUT2D eigenvalue weighted by molar-refractivity contribution is 5.58. The van der Waals surface area contributed by atoms with Crippen molar-refractivity contribution in [1.82, 2.24) is 4.98 Å². The molecule has 2 aromatic rings. The van der Waals surface area contributed by atoms with Crippen LogP contribution in [0.3, 0.4) is 0 Å². The third-order valence-electron chi connectivity index (χ3n) is 3.87. The van der Waals surface area contributed by atoms with Crippen molar-refractivity contribution in [2.45, 2.75) is 19.6 Å². The molecule has 0 bridgehead atoms. The summed E-state index contributed by atoms with van der Waals surface area (Å²) in [7, 11) is 0. The van der Waals surface area contributed by atoms with Crippen LogP contribution in [-0.2, 0) is 9.47 Å². The van der Waals surface area contributed by atoms with Gasteiger partial charge in [-0.3, -0.25) is 4.98 Å².